The van der Waals surface area contributed by atoms with E-state index in [0.717, 1.165) is 5.19 Å². The molecule has 0 aliphatic carbocycles. The Bertz CT molecular complexity index is 212. The predicted octanol–water partition coefficient (Wildman–Crippen LogP) is 0.00484. The quantitative estimate of drug-likeness (QED) is 0.562. The van der Waals surface area contributed by atoms with Crippen LogP contribution in [0, 0.1) is 13.8 Å². The van der Waals surface area contributed by atoms with Crippen molar-refractivity contribution in [3.63, 3.8) is 0 Å². The third-order valence-corrected chi connectivity index (χ3v) is 2.24. The SMILES string of the molecule is Cc1cc(C)cc([SiH2]O)c1. The van der Waals surface area contributed by atoms with E-state index in [1.54, 1.807) is 0 Å². The first kappa shape index (κ1) is 7.50. The molecule has 0 aromatic heterocycles. The second-order valence-electron chi connectivity index (χ2n) is 2.65. The average molecular weight is 152 g/mol. The van der Waals surface area contributed by atoms with Crippen molar-refractivity contribution in [3.05, 3.63) is 29.3 Å². The molecule has 1 aromatic carbocycles. The molecule has 0 atom stereocenters. The van der Waals surface area contributed by atoms with E-state index >= 15 is 0 Å². The molecule has 0 amide bonds. The van der Waals surface area contributed by atoms with Crippen LogP contribution in [0.15, 0.2) is 18.2 Å². The van der Waals surface area contributed by atoms with Gasteiger partial charge in [-0.2, -0.15) is 0 Å². The fourth-order valence-corrected chi connectivity index (χ4v) is 1.99. The molecule has 1 rings (SSSR count). The maximum atomic E-state index is 8.93. The van der Waals surface area contributed by atoms with E-state index < -0.39 is 9.76 Å². The Morgan fingerprint density at radius 2 is 1.60 bits per heavy atom. The lowest BCUT2D eigenvalue weighted by molar-refractivity contribution is 0.615. The predicted molar refractivity (Wildman–Crippen MR) is 46.3 cm³/mol. The molecule has 1 nitrogen and oxygen atoms in total. The van der Waals surface area contributed by atoms with Crippen molar-refractivity contribution >= 4 is 14.9 Å². The molecule has 0 fully saturated rings. The number of aryl methyl sites for hydroxylation is 2. The molecule has 1 aromatic rings. The average Bonchev–Trinajstić information content (AvgIpc) is 1.85. The monoisotopic (exact) mass is 152 g/mol. The summed E-state index contributed by atoms with van der Waals surface area (Å²) in [6, 6.07) is 6.23. The van der Waals surface area contributed by atoms with Gasteiger partial charge in [-0.15, -0.1) is 0 Å². The van der Waals surface area contributed by atoms with Crippen LogP contribution in [0.25, 0.3) is 0 Å². The fourth-order valence-electron chi connectivity index (χ4n) is 1.16. The van der Waals surface area contributed by atoms with Crippen molar-refractivity contribution in [2.45, 2.75) is 13.8 Å². The molecule has 1 N–H and O–H groups in total. The standard InChI is InChI=1S/C8H12OSi/c1-6-3-7(2)5-8(4-6)10-9/h3-5,9H,10H2,1-2H3. The van der Waals surface area contributed by atoms with Gasteiger partial charge in [-0.1, -0.05) is 29.3 Å². The van der Waals surface area contributed by atoms with Crippen molar-refractivity contribution in [3.8, 4) is 0 Å². The molecule has 0 heterocycles. The summed E-state index contributed by atoms with van der Waals surface area (Å²) in [5, 5.41) is 1.14. The summed E-state index contributed by atoms with van der Waals surface area (Å²) in [5.74, 6) is 0. The minimum atomic E-state index is -0.952. The summed E-state index contributed by atoms with van der Waals surface area (Å²) in [7, 11) is -0.952. The van der Waals surface area contributed by atoms with Gasteiger partial charge in [-0.3, -0.25) is 0 Å². The van der Waals surface area contributed by atoms with E-state index in [0.29, 0.717) is 0 Å². The normalized spacial score (nSPS) is 11.1. The van der Waals surface area contributed by atoms with Gasteiger partial charge < -0.3 is 4.80 Å². The molecule has 0 radical (unpaired) electrons. The van der Waals surface area contributed by atoms with Crippen LogP contribution in [0.2, 0.25) is 0 Å². The zero-order valence-electron chi connectivity index (χ0n) is 6.39. The molecule has 0 unspecified atom stereocenters. The maximum Gasteiger partial charge on any atom is 0.187 e. The van der Waals surface area contributed by atoms with Gasteiger partial charge in [0.1, 0.15) is 0 Å². The van der Waals surface area contributed by atoms with Crippen molar-refractivity contribution in [2.75, 3.05) is 0 Å². The van der Waals surface area contributed by atoms with Crippen molar-refractivity contribution < 1.29 is 4.80 Å². The zero-order chi connectivity index (χ0) is 7.56. The van der Waals surface area contributed by atoms with Gasteiger partial charge in [0.05, 0.1) is 0 Å². The first-order valence-corrected chi connectivity index (χ1v) is 4.74. The topological polar surface area (TPSA) is 20.2 Å². The first-order chi connectivity index (χ1) is 4.72. The summed E-state index contributed by atoms with van der Waals surface area (Å²) in [6.45, 7) is 4.11. The van der Waals surface area contributed by atoms with E-state index in [2.05, 4.69) is 32.0 Å². The first-order valence-electron chi connectivity index (χ1n) is 3.40. The van der Waals surface area contributed by atoms with E-state index in [-0.39, 0.29) is 0 Å². The lowest BCUT2D eigenvalue weighted by Gasteiger charge is -1.99. The van der Waals surface area contributed by atoms with Gasteiger partial charge >= 0.3 is 0 Å². The molecule has 0 saturated heterocycles. The smallest absolute Gasteiger partial charge is 0.187 e. The Balaban J connectivity index is 3.06. The maximum absolute atomic E-state index is 8.93. The van der Waals surface area contributed by atoms with E-state index in [1.165, 1.54) is 11.1 Å². The number of hydrogen-bond donors (Lipinski definition) is 1. The Morgan fingerprint density at radius 1 is 1.10 bits per heavy atom. The lowest BCUT2D eigenvalue weighted by Crippen LogP contribution is -2.13. The van der Waals surface area contributed by atoms with E-state index in [4.69, 9.17) is 4.80 Å². The molecule has 0 saturated carbocycles. The number of benzene rings is 1. The highest BCUT2D eigenvalue weighted by Gasteiger charge is 1.92. The molecular weight excluding hydrogens is 140 g/mol. The molecule has 10 heavy (non-hydrogen) atoms. The van der Waals surface area contributed by atoms with Gasteiger partial charge in [0.2, 0.25) is 0 Å². The van der Waals surface area contributed by atoms with Gasteiger partial charge in [0, 0.05) is 0 Å². The van der Waals surface area contributed by atoms with Crippen molar-refractivity contribution in [1.29, 1.82) is 0 Å². The Hall–Kier alpha value is -0.603. The molecule has 54 valence electrons. The van der Waals surface area contributed by atoms with Crippen LogP contribution in [0.1, 0.15) is 11.1 Å². The summed E-state index contributed by atoms with van der Waals surface area (Å²) in [5.41, 5.74) is 2.49. The third-order valence-electron chi connectivity index (χ3n) is 1.46. The largest absolute Gasteiger partial charge is 0.433 e. The summed E-state index contributed by atoms with van der Waals surface area (Å²) < 4.78 is 0. The van der Waals surface area contributed by atoms with Crippen LogP contribution < -0.4 is 5.19 Å². The van der Waals surface area contributed by atoms with E-state index in [9.17, 15) is 0 Å². The van der Waals surface area contributed by atoms with Crippen LogP contribution in [0.4, 0.5) is 0 Å². The van der Waals surface area contributed by atoms with Crippen molar-refractivity contribution in [2.24, 2.45) is 0 Å². The van der Waals surface area contributed by atoms with Crippen LogP contribution in [0.3, 0.4) is 0 Å². The third kappa shape index (κ3) is 1.69. The molecule has 0 bridgehead atoms. The second kappa shape index (κ2) is 2.99. The summed E-state index contributed by atoms with van der Waals surface area (Å²) >= 11 is 0. The molecule has 2 heteroatoms. The Morgan fingerprint density at radius 3 is 2.00 bits per heavy atom. The van der Waals surface area contributed by atoms with Gasteiger partial charge in [0.25, 0.3) is 0 Å². The minimum Gasteiger partial charge on any atom is -0.433 e. The lowest BCUT2D eigenvalue weighted by atomic mass is 10.2. The van der Waals surface area contributed by atoms with Crippen molar-refractivity contribution in [1.82, 2.24) is 0 Å². The summed E-state index contributed by atoms with van der Waals surface area (Å²) in [6.07, 6.45) is 0. The fraction of sp³-hybridized carbons (Fsp3) is 0.250. The second-order valence-corrected chi connectivity index (χ2v) is 3.79. The molecular formula is C8H12OSi. The Kier molecular flexibility index (Phi) is 2.24. The van der Waals surface area contributed by atoms with Crippen LogP contribution in [0.5, 0.6) is 0 Å². The van der Waals surface area contributed by atoms with Gasteiger partial charge in [0.15, 0.2) is 9.76 Å². The number of hydrogen-bond acceptors (Lipinski definition) is 1. The zero-order valence-corrected chi connectivity index (χ0v) is 7.80. The molecule has 0 spiro atoms. The van der Waals surface area contributed by atoms with Crippen LogP contribution in [-0.4, -0.2) is 14.6 Å². The van der Waals surface area contributed by atoms with Gasteiger partial charge in [-0.25, -0.2) is 0 Å². The van der Waals surface area contributed by atoms with E-state index in [1.807, 2.05) is 0 Å². The van der Waals surface area contributed by atoms with Gasteiger partial charge in [-0.05, 0) is 19.0 Å². The minimum absolute atomic E-state index is 0.952. The number of rotatable bonds is 1. The Labute approximate surface area is 63.7 Å². The summed E-state index contributed by atoms with van der Waals surface area (Å²) in [4.78, 5) is 8.93. The highest BCUT2D eigenvalue weighted by Crippen LogP contribution is 1.98. The highest BCUT2D eigenvalue weighted by atomic mass is 28.2. The molecule has 0 aliphatic rings. The van der Waals surface area contributed by atoms with Crippen LogP contribution in [-0.2, 0) is 0 Å². The molecule has 0 aliphatic heterocycles. The highest BCUT2D eigenvalue weighted by molar-refractivity contribution is 6.45. The van der Waals surface area contributed by atoms with Crippen LogP contribution >= 0.6 is 0 Å².